The lowest BCUT2D eigenvalue weighted by atomic mass is 9.85. The van der Waals surface area contributed by atoms with Gasteiger partial charge in [0.15, 0.2) is 0 Å². The minimum absolute atomic E-state index is 0.0435. The Labute approximate surface area is 131 Å². The molecule has 4 heteroatoms. The molecule has 4 nitrogen and oxygen atoms in total. The monoisotopic (exact) mass is 303 g/mol. The van der Waals surface area contributed by atoms with E-state index in [-0.39, 0.29) is 24.3 Å². The fraction of sp³-hybridized carbons (Fsp3) is 0.556. The van der Waals surface area contributed by atoms with Crippen LogP contribution in [0.3, 0.4) is 0 Å². The van der Waals surface area contributed by atoms with Gasteiger partial charge in [-0.3, -0.25) is 9.59 Å². The van der Waals surface area contributed by atoms with Crippen molar-refractivity contribution in [1.82, 2.24) is 5.32 Å². The van der Waals surface area contributed by atoms with Gasteiger partial charge in [0.1, 0.15) is 0 Å². The van der Waals surface area contributed by atoms with E-state index in [1.54, 1.807) is 0 Å². The van der Waals surface area contributed by atoms with E-state index in [9.17, 15) is 14.7 Å². The summed E-state index contributed by atoms with van der Waals surface area (Å²) in [7, 11) is 0. The first kappa shape index (κ1) is 16.5. The topological polar surface area (TPSA) is 66.4 Å². The maximum atomic E-state index is 12.2. The number of hydrogen-bond donors (Lipinski definition) is 2. The summed E-state index contributed by atoms with van der Waals surface area (Å²) in [5, 5.41) is 12.5. The van der Waals surface area contributed by atoms with Crippen molar-refractivity contribution < 1.29 is 14.7 Å². The summed E-state index contributed by atoms with van der Waals surface area (Å²) in [6.45, 7) is 1.88. The number of carbonyl (C=O) groups is 2. The fourth-order valence-corrected chi connectivity index (χ4v) is 3.20. The van der Waals surface area contributed by atoms with Crippen molar-refractivity contribution in [3.05, 3.63) is 35.9 Å². The molecule has 2 atom stereocenters. The van der Waals surface area contributed by atoms with Gasteiger partial charge < -0.3 is 10.4 Å². The molecule has 1 aliphatic carbocycles. The Bertz CT molecular complexity index is 494. The van der Waals surface area contributed by atoms with Crippen molar-refractivity contribution >= 4 is 11.9 Å². The maximum Gasteiger partial charge on any atom is 0.307 e. The highest BCUT2D eigenvalue weighted by atomic mass is 16.4. The molecule has 0 bridgehead atoms. The molecular weight excluding hydrogens is 278 g/mol. The van der Waals surface area contributed by atoms with E-state index in [1.165, 1.54) is 6.42 Å². The van der Waals surface area contributed by atoms with E-state index in [0.29, 0.717) is 0 Å². The standard InChI is InChI=1S/C18H25NO3/c1-13(14-8-4-2-5-9-14)16(18(21)22)12-17(20)19-15-10-6-3-7-11-15/h2,4-5,8-9,13,15-16H,3,6-7,10-12H2,1H3,(H,19,20)(H,21,22)/t13-,16+/m0/s1. The smallest absolute Gasteiger partial charge is 0.307 e. The van der Waals surface area contributed by atoms with Crippen molar-refractivity contribution in [2.45, 2.75) is 57.4 Å². The first-order valence-electron chi connectivity index (χ1n) is 8.15. The molecule has 0 radical (unpaired) electrons. The zero-order valence-corrected chi connectivity index (χ0v) is 13.1. The van der Waals surface area contributed by atoms with Crippen LogP contribution < -0.4 is 5.32 Å². The molecule has 1 saturated carbocycles. The van der Waals surface area contributed by atoms with Gasteiger partial charge in [-0.25, -0.2) is 0 Å². The van der Waals surface area contributed by atoms with Gasteiger partial charge in [-0.2, -0.15) is 0 Å². The number of carboxylic acid groups (broad SMARTS) is 1. The minimum Gasteiger partial charge on any atom is -0.481 e. The predicted octanol–water partition coefficient (Wildman–Crippen LogP) is 3.33. The Morgan fingerprint density at radius 2 is 1.82 bits per heavy atom. The van der Waals surface area contributed by atoms with Gasteiger partial charge >= 0.3 is 5.97 Å². The van der Waals surface area contributed by atoms with Crippen LogP contribution in [-0.4, -0.2) is 23.0 Å². The molecule has 0 spiro atoms. The molecule has 0 aromatic heterocycles. The van der Waals surface area contributed by atoms with Crippen LogP contribution in [0.25, 0.3) is 0 Å². The molecule has 1 amide bonds. The number of nitrogens with one attached hydrogen (secondary N) is 1. The number of benzene rings is 1. The highest BCUT2D eigenvalue weighted by molar-refractivity contribution is 5.83. The molecule has 0 unspecified atom stereocenters. The van der Waals surface area contributed by atoms with Gasteiger partial charge in [-0.1, -0.05) is 56.5 Å². The quantitative estimate of drug-likeness (QED) is 0.847. The van der Waals surface area contributed by atoms with Crippen LogP contribution in [-0.2, 0) is 9.59 Å². The molecule has 0 aliphatic heterocycles. The minimum atomic E-state index is -0.907. The van der Waals surface area contributed by atoms with Crippen molar-refractivity contribution in [2.75, 3.05) is 0 Å². The molecule has 0 heterocycles. The zero-order valence-electron chi connectivity index (χ0n) is 13.1. The van der Waals surface area contributed by atoms with Crippen molar-refractivity contribution in [3.63, 3.8) is 0 Å². The van der Waals surface area contributed by atoms with E-state index in [2.05, 4.69) is 5.32 Å². The molecule has 1 aromatic rings. The van der Waals surface area contributed by atoms with Crippen LogP contribution in [0.4, 0.5) is 0 Å². The van der Waals surface area contributed by atoms with E-state index in [1.807, 2.05) is 37.3 Å². The Hall–Kier alpha value is -1.84. The summed E-state index contributed by atoms with van der Waals surface area (Å²) in [6.07, 6.45) is 5.59. The number of carboxylic acids is 1. The highest BCUT2D eigenvalue weighted by Crippen LogP contribution is 2.27. The number of rotatable bonds is 6. The lowest BCUT2D eigenvalue weighted by molar-refractivity contribution is -0.144. The summed E-state index contributed by atoms with van der Waals surface area (Å²) in [5.74, 6) is -1.92. The average Bonchev–Trinajstić information content (AvgIpc) is 2.53. The number of carbonyl (C=O) groups excluding carboxylic acids is 1. The van der Waals surface area contributed by atoms with E-state index < -0.39 is 11.9 Å². The van der Waals surface area contributed by atoms with Crippen LogP contribution in [0.1, 0.15) is 56.9 Å². The second-order valence-corrected chi connectivity index (χ2v) is 6.25. The van der Waals surface area contributed by atoms with Crippen molar-refractivity contribution in [2.24, 2.45) is 5.92 Å². The maximum absolute atomic E-state index is 12.2. The van der Waals surface area contributed by atoms with Gasteiger partial charge in [-0.05, 0) is 24.3 Å². The normalized spacial score (nSPS) is 18.4. The molecule has 1 fully saturated rings. The van der Waals surface area contributed by atoms with Gasteiger partial charge in [-0.15, -0.1) is 0 Å². The summed E-state index contributed by atoms with van der Waals surface area (Å²) in [6, 6.07) is 9.75. The molecule has 22 heavy (non-hydrogen) atoms. The molecule has 120 valence electrons. The third-order valence-electron chi connectivity index (χ3n) is 4.62. The Morgan fingerprint density at radius 1 is 1.18 bits per heavy atom. The third-order valence-corrected chi connectivity index (χ3v) is 4.62. The average molecular weight is 303 g/mol. The predicted molar refractivity (Wildman–Crippen MR) is 85.6 cm³/mol. The van der Waals surface area contributed by atoms with Crippen LogP contribution >= 0.6 is 0 Å². The number of aliphatic carboxylic acids is 1. The Morgan fingerprint density at radius 3 is 2.41 bits per heavy atom. The van der Waals surface area contributed by atoms with Gasteiger partial charge in [0, 0.05) is 12.5 Å². The van der Waals surface area contributed by atoms with Gasteiger partial charge in [0.2, 0.25) is 5.91 Å². The van der Waals surface area contributed by atoms with E-state index in [4.69, 9.17) is 0 Å². The molecule has 1 aromatic carbocycles. The van der Waals surface area contributed by atoms with Crippen LogP contribution in [0.15, 0.2) is 30.3 Å². The first-order valence-corrected chi connectivity index (χ1v) is 8.15. The number of hydrogen-bond acceptors (Lipinski definition) is 2. The SMILES string of the molecule is C[C@@H](c1ccccc1)[C@@H](CC(=O)NC1CCCCC1)C(=O)O. The van der Waals surface area contributed by atoms with Gasteiger partial charge in [0.05, 0.1) is 5.92 Å². The molecule has 1 aliphatic rings. The zero-order chi connectivity index (χ0) is 15.9. The Kier molecular flexibility index (Phi) is 5.99. The largest absolute Gasteiger partial charge is 0.481 e. The number of amides is 1. The second kappa shape index (κ2) is 7.97. The molecule has 2 N–H and O–H groups in total. The third kappa shape index (κ3) is 4.58. The molecule has 0 saturated heterocycles. The van der Waals surface area contributed by atoms with Crippen molar-refractivity contribution in [3.8, 4) is 0 Å². The van der Waals surface area contributed by atoms with Gasteiger partial charge in [0.25, 0.3) is 0 Å². The van der Waals surface area contributed by atoms with E-state index in [0.717, 1.165) is 31.2 Å². The Balaban J connectivity index is 1.96. The first-order chi connectivity index (χ1) is 10.6. The molecule has 2 rings (SSSR count). The van der Waals surface area contributed by atoms with E-state index >= 15 is 0 Å². The summed E-state index contributed by atoms with van der Waals surface area (Å²) in [4.78, 5) is 23.7. The summed E-state index contributed by atoms with van der Waals surface area (Å²) < 4.78 is 0. The summed E-state index contributed by atoms with van der Waals surface area (Å²) in [5.41, 5.74) is 0.959. The van der Waals surface area contributed by atoms with Crippen LogP contribution in [0, 0.1) is 5.92 Å². The van der Waals surface area contributed by atoms with Crippen LogP contribution in [0.5, 0.6) is 0 Å². The van der Waals surface area contributed by atoms with Crippen LogP contribution in [0.2, 0.25) is 0 Å². The van der Waals surface area contributed by atoms with Crippen molar-refractivity contribution in [1.29, 1.82) is 0 Å². The highest BCUT2D eigenvalue weighted by Gasteiger charge is 2.29. The second-order valence-electron chi connectivity index (χ2n) is 6.25. The molecular formula is C18H25NO3. The fourth-order valence-electron chi connectivity index (χ4n) is 3.20. The lowest BCUT2D eigenvalue weighted by Crippen LogP contribution is -2.38. The summed E-state index contributed by atoms with van der Waals surface area (Å²) >= 11 is 0. The lowest BCUT2D eigenvalue weighted by Gasteiger charge is -2.25.